The van der Waals surface area contributed by atoms with Crippen LogP contribution in [0.15, 0.2) is 6.07 Å². The van der Waals surface area contributed by atoms with Crippen LogP contribution >= 0.6 is 0 Å². The Bertz CT molecular complexity index is 453. The first-order valence-corrected chi connectivity index (χ1v) is 7.91. The lowest BCUT2D eigenvalue weighted by atomic mass is 10.1. The average Bonchev–Trinajstić information content (AvgIpc) is 2.96. The van der Waals surface area contributed by atoms with Crippen LogP contribution in [0, 0.1) is 0 Å². The Balaban J connectivity index is 1.75. The molecule has 0 spiro atoms. The number of nitrogens with zero attached hydrogens (tertiary/aromatic N) is 2. The molecule has 6 nitrogen and oxygen atoms in total. The Kier molecular flexibility index (Phi) is 6.20. The van der Waals surface area contributed by atoms with E-state index in [0.717, 1.165) is 38.0 Å². The van der Waals surface area contributed by atoms with E-state index in [2.05, 4.69) is 15.7 Å². The van der Waals surface area contributed by atoms with E-state index in [1.54, 1.807) is 4.68 Å². The molecule has 1 saturated heterocycles. The summed E-state index contributed by atoms with van der Waals surface area (Å²) < 4.78 is 7.53. The summed E-state index contributed by atoms with van der Waals surface area (Å²) >= 11 is 0. The molecule has 0 unspecified atom stereocenters. The van der Waals surface area contributed by atoms with Crippen molar-refractivity contribution in [3.63, 3.8) is 0 Å². The number of rotatable bonds is 7. The monoisotopic (exact) mass is 294 g/mol. The van der Waals surface area contributed by atoms with Crippen molar-refractivity contribution in [2.45, 2.75) is 45.8 Å². The molecule has 0 aromatic carbocycles. The number of amides is 1. The topological polar surface area (TPSA) is 68.2 Å². The molecular formula is C15H26N4O2. The van der Waals surface area contributed by atoms with Gasteiger partial charge in [0, 0.05) is 13.1 Å². The summed E-state index contributed by atoms with van der Waals surface area (Å²) in [7, 11) is 0. The fraction of sp³-hybridized carbons (Fsp3) is 0.733. The summed E-state index contributed by atoms with van der Waals surface area (Å²) in [6, 6.07) is 1.87. The Morgan fingerprint density at radius 3 is 2.90 bits per heavy atom. The molecule has 2 N–H and O–H groups in total. The van der Waals surface area contributed by atoms with Crippen LogP contribution in [0.25, 0.3) is 0 Å². The predicted octanol–water partition coefficient (Wildman–Crippen LogP) is 0.964. The van der Waals surface area contributed by atoms with Crippen LogP contribution in [-0.4, -0.2) is 48.0 Å². The first-order valence-electron chi connectivity index (χ1n) is 7.91. The predicted molar refractivity (Wildman–Crippen MR) is 81.5 cm³/mol. The normalized spacial score (nSPS) is 16.1. The lowest BCUT2D eigenvalue weighted by molar-refractivity contribution is 0.0342. The highest BCUT2D eigenvalue weighted by atomic mass is 16.5. The van der Waals surface area contributed by atoms with Crippen molar-refractivity contribution < 1.29 is 9.53 Å². The minimum Gasteiger partial charge on any atom is -0.376 e. The summed E-state index contributed by atoms with van der Waals surface area (Å²) in [4.78, 5) is 12.2. The smallest absolute Gasteiger partial charge is 0.269 e. The van der Waals surface area contributed by atoms with Crippen LogP contribution in [-0.2, 0) is 17.7 Å². The maximum Gasteiger partial charge on any atom is 0.269 e. The third-order valence-electron chi connectivity index (χ3n) is 3.75. The Morgan fingerprint density at radius 1 is 1.48 bits per heavy atom. The quantitative estimate of drug-likeness (QED) is 0.735. The number of carbonyl (C=O) groups excluding carboxylic acids is 1. The number of hydrogen-bond donors (Lipinski definition) is 2. The van der Waals surface area contributed by atoms with E-state index in [9.17, 15) is 4.79 Å². The highest BCUT2D eigenvalue weighted by molar-refractivity contribution is 5.92. The number of ether oxygens (including phenoxy) is 1. The molecule has 0 radical (unpaired) electrons. The van der Waals surface area contributed by atoms with Crippen LogP contribution in [0.3, 0.4) is 0 Å². The van der Waals surface area contributed by atoms with E-state index in [0.29, 0.717) is 31.5 Å². The standard InChI is InChI=1S/C15H26N4O2/c1-3-12-11-14(19(4-2)18-12)15(20)17-9-10-21-13-5-7-16-8-6-13/h11,13,16H,3-10H2,1-2H3,(H,17,20). The van der Waals surface area contributed by atoms with E-state index in [-0.39, 0.29) is 5.91 Å². The molecule has 1 fully saturated rings. The number of aromatic nitrogens is 2. The summed E-state index contributed by atoms with van der Waals surface area (Å²) in [5, 5.41) is 10.6. The zero-order chi connectivity index (χ0) is 15.1. The SMILES string of the molecule is CCc1cc(C(=O)NCCOC2CCNCC2)n(CC)n1. The molecule has 2 rings (SSSR count). The third kappa shape index (κ3) is 4.54. The first-order chi connectivity index (χ1) is 10.2. The summed E-state index contributed by atoms with van der Waals surface area (Å²) in [5.41, 5.74) is 1.59. The van der Waals surface area contributed by atoms with Gasteiger partial charge in [-0.2, -0.15) is 5.10 Å². The van der Waals surface area contributed by atoms with Gasteiger partial charge in [-0.1, -0.05) is 6.92 Å². The number of hydrogen-bond acceptors (Lipinski definition) is 4. The molecule has 118 valence electrons. The third-order valence-corrected chi connectivity index (χ3v) is 3.75. The number of piperidine rings is 1. The van der Waals surface area contributed by atoms with Gasteiger partial charge in [-0.25, -0.2) is 0 Å². The average molecular weight is 294 g/mol. The molecule has 1 aliphatic rings. The largest absolute Gasteiger partial charge is 0.376 e. The van der Waals surface area contributed by atoms with Crippen molar-refractivity contribution >= 4 is 5.91 Å². The van der Waals surface area contributed by atoms with Crippen LogP contribution in [0.5, 0.6) is 0 Å². The highest BCUT2D eigenvalue weighted by Crippen LogP contribution is 2.07. The molecule has 0 saturated carbocycles. The Labute approximate surface area is 126 Å². The van der Waals surface area contributed by atoms with Gasteiger partial charge in [0.25, 0.3) is 5.91 Å². The molecular weight excluding hydrogens is 268 g/mol. The van der Waals surface area contributed by atoms with E-state index in [1.165, 1.54) is 0 Å². The lowest BCUT2D eigenvalue weighted by Crippen LogP contribution is -2.35. The second-order valence-electron chi connectivity index (χ2n) is 5.27. The van der Waals surface area contributed by atoms with E-state index in [1.807, 2.05) is 19.9 Å². The van der Waals surface area contributed by atoms with Gasteiger partial charge in [0.2, 0.25) is 0 Å². The van der Waals surface area contributed by atoms with Crippen LogP contribution < -0.4 is 10.6 Å². The van der Waals surface area contributed by atoms with Crippen molar-refractivity contribution in [1.29, 1.82) is 0 Å². The fourth-order valence-corrected chi connectivity index (χ4v) is 2.51. The molecule has 1 amide bonds. The molecule has 1 aliphatic heterocycles. The fourth-order valence-electron chi connectivity index (χ4n) is 2.51. The van der Waals surface area contributed by atoms with Gasteiger partial charge in [0.15, 0.2) is 0 Å². The lowest BCUT2D eigenvalue weighted by Gasteiger charge is -2.22. The zero-order valence-electron chi connectivity index (χ0n) is 13.0. The van der Waals surface area contributed by atoms with E-state index in [4.69, 9.17) is 4.74 Å². The van der Waals surface area contributed by atoms with Crippen molar-refractivity contribution in [3.8, 4) is 0 Å². The maximum atomic E-state index is 12.2. The highest BCUT2D eigenvalue weighted by Gasteiger charge is 2.15. The van der Waals surface area contributed by atoms with Crippen molar-refractivity contribution in [3.05, 3.63) is 17.5 Å². The maximum absolute atomic E-state index is 12.2. The number of carbonyl (C=O) groups is 1. The van der Waals surface area contributed by atoms with Gasteiger partial charge in [-0.15, -0.1) is 0 Å². The van der Waals surface area contributed by atoms with Gasteiger partial charge >= 0.3 is 0 Å². The summed E-state index contributed by atoms with van der Waals surface area (Å²) in [6.45, 7) is 7.88. The van der Waals surface area contributed by atoms with Crippen LogP contribution in [0.1, 0.15) is 42.9 Å². The molecule has 0 bridgehead atoms. The van der Waals surface area contributed by atoms with Gasteiger partial charge in [0.1, 0.15) is 5.69 Å². The molecule has 6 heteroatoms. The van der Waals surface area contributed by atoms with Gasteiger partial charge in [-0.3, -0.25) is 9.48 Å². The molecule has 1 aromatic rings. The van der Waals surface area contributed by atoms with Crippen LogP contribution in [0.2, 0.25) is 0 Å². The zero-order valence-corrected chi connectivity index (χ0v) is 13.0. The summed E-state index contributed by atoms with van der Waals surface area (Å²) in [6.07, 6.45) is 3.27. The van der Waals surface area contributed by atoms with E-state index >= 15 is 0 Å². The molecule has 2 heterocycles. The molecule has 21 heavy (non-hydrogen) atoms. The Morgan fingerprint density at radius 2 is 2.24 bits per heavy atom. The molecule has 0 atom stereocenters. The first kappa shape index (κ1) is 16.0. The second-order valence-corrected chi connectivity index (χ2v) is 5.27. The van der Waals surface area contributed by atoms with E-state index < -0.39 is 0 Å². The van der Waals surface area contributed by atoms with Gasteiger partial charge < -0.3 is 15.4 Å². The molecule has 1 aromatic heterocycles. The summed E-state index contributed by atoms with van der Waals surface area (Å²) in [5.74, 6) is -0.0713. The number of aryl methyl sites for hydroxylation is 2. The van der Waals surface area contributed by atoms with Crippen molar-refractivity contribution in [2.24, 2.45) is 0 Å². The minimum atomic E-state index is -0.0713. The second kappa shape index (κ2) is 8.14. The molecule has 0 aliphatic carbocycles. The van der Waals surface area contributed by atoms with Crippen molar-refractivity contribution in [2.75, 3.05) is 26.2 Å². The van der Waals surface area contributed by atoms with Crippen LogP contribution in [0.4, 0.5) is 0 Å². The van der Waals surface area contributed by atoms with Gasteiger partial charge in [-0.05, 0) is 45.3 Å². The van der Waals surface area contributed by atoms with Gasteiger partial charge in [0.05, 0.1) is 18.4 Å². The minimum absolute atomic E-state index is 0.0713. The van der Waals surface area contributed by atoms with Crippen molar-refractivity contribution in [1.82, 2.24) is 20.4 Å². The number of nitrogens with one attached hydrogen (secondary N) is 2. The Hall–Kier alpha value is -1.40.